The summed E-state index contributed by atoms with van der Waals surface area (Å²) in [6.45, 7) is 3.76. The quantitative estimate of drug-likeness (QED) is 0.433. The number of anilines is 1. The summed E-state index contributed by atoms with van der Waals surface area (Å²) in [5.41, 5.74) is 3.42. The molecule has 1 N–H and O–H groups in total. The summed E-state index contributed by atoms with van der Waals surface area (Å²) in [5.74, 6) is 1.02. The summed E-state index contributed by atoms with van der Waals surface area (Å²) >= 11 is 1.80. The molecule has 0 amide bonds. The SMILES string of the molecule is CN1CCC[C@H]1COc1nc(N2C[C@H]3CC[C@@H](C2)N3)c2ccc(-c3csc4ccccc34)cc2n1. The molecule has 3 fully saturated rings. The number of likely N-dealkylation sites (tertiary alicyclic amines) is 1. The lowest BCUT2D eigenvalue weighted by Gasteiger charge is -2.34. The normalized spacial score (nSPS) is 24.6. The number of piperazine rings is 1. The van der Waals surface area contributed by atoms with Crippen LogP contribution in [0.4, 0.5) is 5.82 Å². The molecular weight excluding hydrogens is 454 g/mol. The van der Waals surface area contributed by atoms with Gasteiger partial charge in [0.05, 0.1) is 5.52 Å². The zero-order chi connectivity index (χ0) is 23.4. The molecule has 0 radical (unpaired) electrons. The van der Waals surface area contributed by atoms with Crippen LogP contribution >= 0.6 is 11.3 Å². The molecule has 2 aromatic heterocycles. The highest BCUT2D eigenvalue weighted by atomic mass is 32.1. The Balaban J connectivity index is 1.29. The van der Waals surface area contributed by atoms with Gasteiger partial charge in [-0.1, -0.05) is 24.3 Å². The molecule has 5 heterocycles. The van der Waals surface area contributed by atoms with E-state index in [4.69, 9.17) is 14.7 Å². The van der Waals surface area contributed by atoms with Crippen LogP contribution in [0.25, 0.3) is 32.1 Å². The summed E-state index contributed by atoms with van der Waals surface area (Å²) in [6, 6.07) is 17.3. The lowest BCUT2D eigenvalue weighted by molar-refractivity contribution is 0.188. The number of nitrogens with one attached hydrogen (secondary N) is 1. The highest BCUT2D eigenvalue weighted by molar-refractivity contribution is 7.17. The van der Waals surface area contributed by atoms with E-state index < -0.39 is 0 Å². The molecule has 7 rings (SSSR count). The number of rotatable bonds is 5. The Labute approximate surface area is 209 Å². The smallest absolute Gasteiger partial charge is 0.319 e. The van der Waals surface area contributed by atoms with Crippen molar-refractivity contribution in [1.29, 1.82) is 0 Å². The number of ether oxygens (including phenoxy) is 1. The first-order valence-corrected chi connectivity index (χ1v) is 13.7. The third-order valence-electron chi connectivity index (χ3n) is 8.04. The number of likely N-dealkylation sites (N-methyl/N-ethyl adjacent to an activating group) is 1. The van der Waals surface area contributed by atoms with E-state index in [1.807, 2.05) is 0 Å². The van der Waals surface area contributed by atoms with Crippen molar-refractivity contribution in [3.63, 3.8) is 0 Å². The third-order valence-corrected chi connectivity index (χ3v) is 9.00. The average Bonchev–Trinajstić information content (AvgIpc) is 3.59. The maximum Gasteiger partial charge on any atom is 0.319 e. The van der Waals surface area contributed by atoms with Gasteiger partial charge in [-0.2, -0.15) is 9.97 Å². The number of aromatic nitrogens is 2. The minimum Gasteiger partial charge on any atom is -0.462 e. The van der Waals surface area contributed by atoms with Crippen LogP contribution in [0.5, 0.6) is 6.01 Å². The molecule has 3 saturated heterocycles. The van der Waals surface area contributed by atoms with Gasteiger partial charge in [0.15, 0.2) is 0 Å². The summed E-state index contributed by atoms with van der Waals surface area (Å²) in [5, 5.41) is 8.41. The van der Waals surface area contributed by atoms with Gasteiger partial charge in [0.25, 0.3) is 0 Å². The largest absolute Gasteiger partial charge is 0.462 e. The number of nitrogens with zero attached hydrogens (tertiary/aromatic N) is 4. The van der Waals surface area contributed by atoms with Crippen molar-refractivity contribution >= 4 is 38.1 Å². The lowest BCUT2D eigenvalue weighted by atomic mass is 10.0. The standard InChI is InChI=1S/C28H31N5OS/c1-32-12-4-5-21(32)16-34-28-30-25-13-18(24-17-35-26-7-3-2-6-22(24)26)8-11-23(25)27(31-28)33-14-19-9-10-20(15-33)29-19/h2-3,6-8,11,13,17,19-21,29H,4-5,9-10,12,14-16H2,1H3/t19-,20+,21-/m0/s1. The fourth-order valence-electron chi connectivity index (χ4n) is 6.10. The van der Waals surface area contributed by atoms with Gasteiger partial charge in [-0.15, -0.1) is 11.3 Å². The fourth-order valence-corrected chi connectivity index (χ4v) is 7.07. The minimum atomic E-state index is 0.441. The number of benzene rings is 2. The summed E-state index contributed by atoms with van der Waals surface area (Å²) in [6.07, 6.45) is 4.90. The Hall–Kier alpha value is -2.74. The van der Waals surface area contributed by atoms with Crippen molar-refractivity contribution in [2.45, 2.75) is 43.8 Å². The summed E-state index contributed by atoms with van der Waals surface area (Å²) in [4.78, 5) is 14.8. The number of thiophene rings is 1. The van der Waals surface area contributed by atoms with Crippen LogP contribution in [0, 0.1) is 0 Å². The number of hydrogen-bond acceptors (Lipinski definition) is 7. The van der Waals surface area contributed by atoms with Crippen molar-refractivity contribution in [3.05, 3.63) is 47.8 Å². The molecule has 4 aromatic rings. The second kappa shape index (κ2) is 8.73. The first kappa shape index (κ1) is 21.5. The molecule has 180 valence electrons. The van der Waals surface area contributed by atoms with Crippen LogP contribution in [-0.2, 0) is 0 Å². The lowest BCUT2D eigenvalue weighted by Crippen LogP contribution is -2.51. The van der Waals surface area contributed by atoms with Gasteiger partial charge >= 0.3 is 6.01 Å². The molecule has 0 spiro atoms. The van der Waals surface area contributed by atoms with E-state index in [0.717, 1.165) is 36.4 Å². The topological polar surface area (TPSA) is 53.5 Å². The number of hydrogen-bond donors (Lipinski definition) is 1. The van der Waals surface area contributed by atoms with Gasteiger partial charge in [0, 0.05) is 52.3 Å². The zero-order valence-electron chi connectivity index (χ0n) is 20.1. The van der Waals surface area contributed by atoms with Gasteiger partial charge in [0.1, 0.15) is 12.4 Å². The Bertz CT molecular complexity index is 1370. The molecule has 0 aliphatic carbocycles. The predicted molar refractivity (Wildman–Crippen MR) is 144 cm³/mol. The van der Waals surface area contributed by atoms with E-state index in [0.29, 0.717) is 30.7 Å². The van der Waals surface area contributed by atoms with E-state index in [9.17, 15) is 0 Å². The van der Waals surface area contributed by atoms with Crippen LogP contribution in [-0.4, -0.2) is 66.3 Å². The second-order valence-corrected chi connectivity index (χ2v) is 11.2. The molecule has 35 heavy (non-hydrogen) atoms. The minimum absolute atomic E-state index is 0.441. The second-order valence-electron chi connectivity index (χ2n) is 10.3. The fraction of sp³-hybridized carbons (Fsp3) is 0.429. The Kier molecular flexibility index (Phi) is 5.37. The van der Waals surface area contributed by atoms with Crippen molar-refractivity contribution < 1.29 is 4.74 Å². The van der Waals surface area contributed by atoms with Gasteiger partial charge in [-0.05, 0) is 68.4 Å². The molecule has 3 aliphatic heterocycles. The summed E-state index contributed by atoms with van der Waals surface area (Å²) < 4.78 is 7.58. The zero-order valence-corrected chi connectivity index (χ0v) is 20.9. The third kappa shape index (κ3) is 3.96. The van der Waals surface area contributed by atoms with Crippen LogP contribution < -0.4 is 15.0 Å². The molecule has 6 nitrogen and oxygen atoms in total. The first-order chi connectivity index (χ1) is 17.2. The first-order valence-electron chi connectivity index (χ1n) is 12.8. The van der Waals surface area contributed by atoms with Crippen molar-refractivity contribution in [2.24, 2.45) is 0 Å². The Morgan fingerprint density at radius 3 is 2.71 bits per heavy atom. The average molecular weight is 486 g/mol. The Morgan fingerprint density at radius 1 is 1.03 bits per heavy atom. The number of fused-ring (bicyclic) bond motifs is 4. The van der Waals surface area contributed by atoms with E-state index >= 15 is 0 Å². The highest BCUT2D eigenvalue weighted by Gasteiger charge is 2.34. The van der Waals surface area contributed by atoms with E-state index in [-0.39, 0.29) is 0 Å². The van der Waals surface area contributed by atoms with Crippen LogP contribution in [0.15, 0.2) is 47.8 Å². The van der Waals surface area contributed by atoms with Gasteiger partial charge in [-0.25, -0.2) is 0 Å². The molecule has 2 aromatic carbocycles. The van der Waals surface area contributed by atoms with Crippen molar-refractivity contribution in [2.75, 3.05) is 38.2 Å². The molecule has 2 bridgehead atoms. The molecular formula is C28H31N5OS. The molecule has 3 atom stereocenters. The van der Waals surface area contributed by atoms with Crippen molar-refractivity contribution in [1.82, 2.24) is 20.2 Å². The van der Waals surface area contributed by atoms with Crippen LogP contribution in [0.3, 0.4) is 0 Å². The maximum atomic E-state index is 6.27. The van der Waals surface area contributed by atoms with E-state index in [1.54, 1.807) is 11.3 Å². The molecule has 0 unspecified atom stereocenters. The molecule has 0 saturated carbocycles. The molecule has 7 heteroatoms. The highest BCUT2D eigenvalue weighted by Crippen LogP contribution is 2.37. The van der Waals surface area contributed by atoms with Crippen LogP contribution in [0.1, 0.15) is 25.7 Å². The van der Waals surface area contributed by atoms with Crippen molar-refractivity contribution in [3.8, 4) is 17.1 Å². The van der Waals surface area contributed by atoms with E-state index in [1.165, 1.54) is 46.9 Å². The van der Waals surface area contributed by atoms with Gasteiger partial charge in [0.2, 0.25) is 0 Å². The van der Waals surface area contributed by atoms with Gasteiger partial charge in [-0.3, -0.25) is 0 Å². The predicted octanol–water partition coefficient (Wildman–Crippen LogP) is 4.93. The van der Waals surface area contributed by atoms with Crippen LogP contribution in [0.2, 0.25) is 0 Å². The van der Waals surface area contributed by atoms with E-state index in [2.05, 4.69) is 70.0 Å². The Morgan fingerprint density at radius 2 is 1.89 bits per heavy atom. The van der Waals surface area contributed by atoms with Gasteiger partial charge < -0.3 is 19.9 Å². The monoisotopic (exact) mass is 485 g/mol. The molecule has 3 aliphatic rings. The maximum absolute atomic E-state index is 6.27. The summed E-state index contributed by atoms with van der Waals surface area (Å²) in [7, 11) is 2.18.